The highest BCUT2D eigenvalue weighted by atomic mass is 35.5. The zero-order valence-corrected chi connectivity index (χ0v) is 8.44. The molecule has 0 atom stereocenters. The number of halogens is 1. The van der Waals surface area contributed by atoms with E-state index in [1.54, 1.807) is 0 Å². The standard InChI is InChI=1S/C8H7ClN6/c9-7-6(12)8(14-5-13-7)15(3-1-10)4-2-11/h5H,3-4,12H2. The summed E-state index contributed by atoms with van der Waals surface area (Å²) < 4.78 is 0. The van der Waals surface area contributed by atoms with Gasteiger partial charge in [0.25, 0.3) is 0 Å². The van der Waals surface area contributed by atoms with Gasteiger partial charge in [0, 0.05) is 0 Å². The van der Waals surface area contributed by atoms with Crippen LogP contribution >= 0.6 is 11.6 Å². The first kappa shape index (κ1) is 11.0. The third-order valence-corrected chi connectivity index (χ3v) is 1.94. The first-order valence-electron chi connectivity index (χ1n) is 3.95. The Kier molecular flexibility index (Phi) is 3.67. The van der Waals surface area contributed by atoms with Crippen molar-refractivity contribution in [2.75, 3.05) is 23.7 Å². The molecule has 1 rings (SSSR count). The van der Waals surface area contributed by atoms with Crippen molar-refractivity contribution in [2.24, 2.45) is 0 Å². The van der Waals surface area contributed by atoms with E-state index in [1.165, 1.54) is 11.2 Å². The molecule has 0 bridgehead atoms. The molecule has 7 heteroatoms. The Morgan fingerprint density at radius 3 is 2.47 bits per heavy atom. The fourth-order valence-electron chi connectivity index (χ4n) is 0.994. The lowest BCUT2D eigenvalue weighted by atomic mass is 10.4. The van der Waals surface area contributed by atoms with Gasteiger partial charge in [-0.2, -0.15) is 10.5 Å². The van der Waals surface area contributed by atoms with Gasteiger partial charge in [-0.05, 0) is 0 Å². The van der Waals surface area contributed by atoms with Crippen LogP contribution in [-0.4, -0.2) is 23.1 Å². The molecule has 2 N–H and O–H groups in total. The number of nitrogens with zero attached hydrogens (tertiary/aromatic N) is 5. The monoisotopic (exact) mass is 222 g/mol. The number of hydrogen-bond donors (Lipinski definition) is 1. The van der Waals surface area contributed by atoms with Crippen molar-refractivity contribution in [1.29, 1.82) is 10.5 Å². The third kappa shape index (κ3) is 2.46. The average molecular weight is 223 g/mol. The zero-order chi connectivity index (χ0) is 11.3. The van der Waals surface area contributed by atoms with Gasteiger partial charge >= 0.3 is 0 Å². The predicted molar refractivity (Wildman–Crippen MR) is 54.9 cm³/mol. The Morgan fingerprint density at radius 2 is 1.93 bits per heavy atom. The lowest BCUT2D eigenvalue weighted by Gasteiger charge is -2.18. The van der Waals surface area contributed by atoms with Crippen LogP contribution in [0, 0.1) is 22.7 Å². The van der Waals surface area contributed by atoms with Crippen molar-refractivity contribution < 1.29 is 0 Å². The van der Waals surface area contributed by atoms with Crippen LogP contribution in [0.25, 0.3) is 0 Å². The van der Waals surface area contributed by atoms with Crippen molar-refractivity contribution in [3.8, 4) is 12.1 Å². The van der Waals surface area contributed by atoms with Crippen LogP contribution < -0.4 is 10.6 Å². The molecule has 6 nitrogen and oxygen atoms in total. The lowest BCUT2D eigenvalue weighted by molar-refractivity contribution is 0.929. The summed E-state index contributed by atoms with van der Waals surface area (Å²) in [6, 6.07) is 3.83. The lowest BCUT2D eigenvalue weighted by Crippen LogP contribution is -2.26. The fraction of sp³-hybridized carbons (Fsp3) is 0.250. The largest absolute Gasteiger partial charge is 0.393 e. The molecule has 1 heterocycles. The summed E-state index contributed by atoms with van der Waals surface area (Å²) in [5.74, 6) is 0.304. The van der Waals surface area contributed by atoms with E-state index in [0.717, 1.165) is 0 Å². The first-order chi connectivity index (χ1) is 7.20. The Labute approximate surface area is 91.5 Å². The topological polar surface area (TPSA) is 103 Å². The molecular weight excluding hydrogens is 216 g/mol. The van der Waals surface area contributed by atoms with Gasteiger partial charge in [0.1, 0.15) is 25.1 Å². The smallest absolute Gasteiger partial charge is 0.158 e. The van der Waals surface area contributed by atoms with Crippen LogP contribution in [0.15, 0.2) is 6.33 Å². The number of nitriles is 2. The van der Waals surface area contributed by atoms with Crippen LogP contribution in [0.5, 0.6) is 0 Å². The van der Waals surface area contributed by atoms with E-state index in [-0.39, 0.29) is 23.9 Å². The number of hydrogen-bond acceptors (Lipinski definition) is 6. The molecule has 1 aromatic heterocycles. The summed E-state index contributed by atoms with van der Waals surface area (Å²) >= 11 is 5.69. The summed E-state index contributed by atoms with van der Waals surface area (Å²) in [5, 5.41) is 17.2. The third-order valence-electron chi connectivity index (χ3n) is 1.64. The van der Waals surface area contributed by atoms with E-state index < -0.39 is 0 Å². The van der Waals surface area contributed by atoms with Crippen LogP contribution in [-0.2, 0) is 0 Å². The SMILES string of the molecule is N#CCN(CC#N)c1ncnc(Cl)c1N. The predicted octanol–water partition coefficient (Wildman–Crippen LogP) is 0.566. The molecule has 76 valence electrons. The minimum Gasteiger partial charge on any atom is -0.393 e. The molecule has 0 spiro atoms. The van der Waals surface area contributed by atoms with Crippen LogP contribution in [0.4, 0.5) is 11.5 Å². The normalized spacial score (nSPS) is 9.00. The highest BCUT2D eigenvalue weighted by molar-refractivity contribution is 6.32. The highest BCUT2D eigenvalue weighted by Gasteiger charge is 2.13. The van der Waals surface area contributed by atoms with E-state index >= 15 is 0 Å². The molecule has 0 saturated carbocycles. The van der Waals surface area contributed by atoms with Crippen LogP contribution in [0.1, 0.15) is 0 Å². The maximum absolute atomic E-state index is 8.57. The van der Waals surface area contributed by atoms with Crippen molar-refractivity contribution in [3.63, 3.8) is 0 Å². The first-order valence-corrected chi connectivity index (χ1v) is 4.33. The van der Waals surface area contributed by atoms with Gasteiger partial charge < -0.3 is 10.6 Å². The molecular formula is C8H7ClN6. The Bertz CT molecular complexity index is 416. The van der Waals surface area contributed by atoms with Gasteiger partial charge in [-0.1, -0.05) is 11.6 Å². The summed E-state index contributed by atoms with van der Waals surface area (Å²) in [6.45, 7) is 0.0379. The van der Waals surface area contributed by atoms with E-state index in [9.17, 15) is 0 Å². The van der Waals surface area contributed by atoms with Gasteiger partial charge in [-0.3, -0.25) is 0 Å². The van der Waals surface area contributed by atoms with Crippen molar-refractivity contribution in [3.05, 3.63) is 11.5 Å². The average Bonchev–Trinajstić information content (AvgIpc) is 2.22. The minimum atomic E-state index is 0.0190. The summed E-state index contributed by atoms with van der Waals surface area (Å²) in [5.41, 5.74) is 5.80. The van der Waals surface area contributed by atoms with Gasteiger partial charge in [0.15, 0.2) is 11.0 Å². The molecule has 0 aliphatic rings. The molecule has 0 aliphatic heterocycles. The Morgan fingerprint density at radius 1 is 1.33 bits per heavy atom. The summed E-state index contributed by atoms with van der Waals surface area (Å²) in [7, 11) is 0. The molecule has 0 aromatic carbocycles. The molecule has 0 unspecified atom stereocenters. The van der Waals surface area contributed by atoms with Crippen molar-refractivity contribution in [1.82, 2.24) is 9.97 Å². The maximum Gasteiger partial charge on any atom is 0.158 e. The Balaban J connectivity index is 3.07. The molecule has 0 amide bonds. The van der Waals surface area contributed by atoms with Gasteiger partial charge in [-0.25, -0.2) is 9.97 Å². The number of nitrogen functional groups attached to an aromatic ring is 1. The second-order valence-electron chi connectivity index (χ2n) is 2.57. The van der Waals surface area contributed by atoms with E-state index in [4.69, 9.17) is 27.9 Å². The second kappa shape index (κ2) is 4.99. The summed E-state index contributed by atoms with van der Waals surface area (Å²) in [4.78, 5) is 8.98. The minimum absolute atomic E-state index is 0.0190. The number of nitrogens with two attached hydrogens (primary N) is 1. The maximum atomic E-state index is 8.57. The van der Waals surface area contributed by atoms with Gasteiger partial charge in [-0.15, -0.1) is 0 Å². The van der Waals surface area contributed by atoms with E-state index in [2.05, 4.69) is 9.97 Å². The number of aromatic nitrogens is 2. The van der Waals surface area contributed by atoms with E-state index in [0.29, 0.717) is 5.82 Å². The summed E-state index contributed by atoms with van der Waals surface area (Å²) in [6.07, 6.45) is 1.23. The quantitative estimate of drug-likeness (QED) is 0.592. The molecule has 15 heavy (non-hydrogen) atoms. The number of anilines is 2. The molecule has 1 aromatic rings. The van der Waals surface area contributed by atoms with Crippen molar-refractivity contribution >= 4 is 23.1 Å². The van der Waals surface area contributed by atoms with Crippen LogP contribution in [0.3, 0.4) is 0 Å². The highest BCUT2D eigenvalue weighted by Crippen LogP contribution is 2.24. The Hall–Kier alpha value is -2.05. The zero-order valence-electron chi connectivity index (χ0n) is 7.68. The fourth-order valence-corrected chi connectivity index (χ4v) is 1.12. The van der Waals surface area contributed by atoms with E-state index in [1.807, 2.05) is 12.1 Å². The molecule has 0 saturated heterocycles. The molecule has 0 radical (unpaired) electrons. The number of rotatable bonds is 3. The van der Waals surface area contributed by atoms with Crippen molar-refractivity contribution in [2.45, 2.75) is 0 Å². The molecule has 0 fully saturated rings. The second-order valence-corrected chi connectivity index (χ2v) is 2.93. The van der Waals surface area contributed by atoms with Gasteiger partial charge in [0.2, 0.25) is 0 Å². The van der Waals surface area contributed by atoms with Crippen LogP contribution in [0.2, 0.25) is 5.15 Å². The van der Waals surface area contributed by atoms with Gasteiger partial charge in [0.05, 0.1) is 12.1 Å². The molecule has 0 aliphatic carbocycles.